The van der Waals surface area contributed by atoms with Crippen LogP contribution in [0.2, 0.25) is 0 Å². The van der Waals surface area contributed by atoms with Crippen LogP contribution in [0.5, 0.6) is 0 Å². The zero-order chi connectivity index (χ0) is 17.5. The molecule has 0 spiro atoms. The van der Waals surface area contributed by atoms with Crippen molar-refractivity contribution in [3.8, 4) is 0 Å². The van der Waals surface area contributed by atoms with E-state index in [1.54, 1.807) is 24.3 Å². The van der Waals surface area contributed by atoms with Crippen LogP contribution in [-0.4, -0.2) is 19.1 Å². The highest BCUT2D eigenvalue weighted by molar-refractivity contribution is 6.05. The molecule has 0 fully saturated rings. The molecule has 0 saturated heterocycles. The molecule has 5 heteroatoms. The second kappa shape index (κ2) is 8.15. The molecular weight excluding hydrogens is 304 g/mol. The van der Waals surface area contributed by atoms with E-state index in [4.69, 9.17) is 4.74 Å². The van der Waals surface area contributed by atoms with Crippen molar-refractivity contribution in [2.75, 3.05) is 17.7 Å². The predicted molar refractivity (Wildman–Crippen MR) is 95.6 cm³/mol. The minimum absolute atomic E-state index is 0.314. The molecule has 126 valence electrons. The number of amides is 2. The fourth-order valence-electron chi connectivity index (χ4n) is 2.55. The van der Waals surface area contributed by atoms with Crippen LogP contribution in [0.25, 0.3) is 0 Å². The standard InChI is InChI=1S/C19H22N2O3/c1-4-13-9-8-10-14(5-2)17(13)21-19(23)20-16-12-7-6-11-15(16)18(22)24-3/h6-12H,4-5H2,1-3H3,(H2,20,21,23). The van der Waals surface area contributed by atoms with Crippen molar-refractivity contribution in [1.82, 2.24) is 0 Å². The summed E-state index contributed by atoms with van der Waals surface area (Å²) in [7, 11) is 1.31. The Kier molecular flexibility index (Phi) is 5.95. The SMILES string of the molecule is CCc1cccc(CC)c1NC(=O)Nc1ccccc1C(=O)OC. The van der Waals surface area contributed by atoms with E-state index in [1.807, 2.05) is 32.0 Å². The molecule has 0 aliphatic carbocycles. The van der Waals surface area contributed by atoms with Gasteiger partial charge in [-0.3, -0.25) is 0 Å². The highest BCUT2D eigenvalue weighted by Gasteiger charge is 2.15. The van der Waals surface area contributed by atoms with Crippen LogP contribution in [0, 0.1) is 0 Å². The van der Waals surface area contributed by atoms with Crippen LogP contribution in [0.1, 0.15) is 35.3 Å². The summed E-state index contributed by atoms with van der Waals surface area (Å²) in [4.78, 5) is 24.2. The van der Waals surface area contributed by atoms with Crippen molar-refractivity contribution in [2.45, 2.75) is 26.7 Å². The molecule has 24 heavy (non-hydrogen) atoms. The number of urea groups is 1. The van der Waals surface area contributed by atoms with Gasteiger partial charge in [0, 0.05) is 5.69 Å². The second-order valence-corrected chi connectivity index (χ2v) is 5.27. The van der Waals surface area contributed by atoms with Crippen molar-refractivity contribution in [2.24, 2.45) is 0 Å². The quantitative estimate of drug-likeness (QED) is 0.808. The first kappa shape index (κ1) is 17.5. The Morgan fingerprint density at radius 3 is 2.12 bits per heavy atom. The van der Waals surface area contributed by atoms with Gasteiger partial charge < -0.3 is 15.4 Å². The van der Waals surface area contributed by atoms with E-state index >= 15 is 0 Å². The van der Waals surface area contributed by atoms with Crippen molar-refractivity contribution in [3.63, 3.8) is 0 Å². The Labute approximate surface area is 142 Å². The molecule has 2 N–H and O–H groups in total. The third-order valence-corrected chi connectivity index (χ3v) is 3.82. The Morgan fingerprint density at radius 1 is 0.917 bits per heavy atom. The van der Waals surface area contributed by atoms with Gasteiger partial charge in [0.05, 0.1) is 18.4 Å². The van der Waals surface area contributed by atoms with E-state index in [0.717, 1.165) is 29.7 Å². The van der Waals surface area contributed by atoms with E-state index in [2.05, 4.69) is 10.6 Å². The molecule has 0 aromatic heterocycles. The van der Waals surface area contributed by atoms with Crippen LogP contribution in [-0.2, 0) is 17.6 Å². The predicted octanol–water partition coefficient (Wildman–Crippen LogP) is 4.24. The lowest BCUT2D eigenvalue weighted by Gasteiger charge is -2.16. The zero-order valence-electron chi connectivity index (χ0n) is 14.2. The number of ether oxygens (including phenoxy) is 1. The largest absolute Gasteiger partial charge is 0.465 e. The average Bonchev–Trinajstić information content (AvgIpc) is 2.61. The van der Waals surface area contributed by atoms with Crippen LogP contribution in [0.15, 0.2) is 42.5 Å². The lowest BCUT2D eigenvalue weighted by molar-refractivity contribution is 0.0602. The number of carbonyl (C=O) groups is 2. The molecule has 2 amide bonds. The number of methoxy groups -OCH3 is 1. The second-order valence-electron chi connectivity index (χ2n) is 5.27. The normalized spacial score (nSPS) is 10.1. The summed E-state index contributed by atoms with van der Waals surface area (Å²) in [5, 5.41) is 5.64. The summed E-state index contributed by atoms with van der Waals surface area (Å²) in [5.74, 6) is -0.492. The molecule has 0 radical (unpaired) electrons. The summed E-state index contributed by atoms with van der Waals surface area (Å²) < 4.78 is 4.74. The number of carbonyl (C=O) groups excluding carboxylic acids is 2. The van der Waals surface area contributed by atoms with Crippen LogP contribution in [0.3, 0.4) is 0 Å². The molecule has 0 heterocycles. The Hall–Kier alpha value is -2.82. The van der Waals surface area contributed by atoms with E-state index in [0.29, 0.717) is 11.3 Å². The zero-order valence-corrected chi connectivity index (χ0v) is 14.2. The molecule has 2 aromatic carbocycles. The molecular formula is C19H22N2O3. The maximum absolute atomic E-state index is 12.4. The van der Waals surface area contributed by atoms with Gasteiger partial charge in [0.25, 0.3) is 0 Å². The van der Waals surface area contributed by atoms with E-state index in [9.17, 15) is 9.59 Å². The van der Waals surface area contributed by atoms with Crippen molar-refractivity contribution >= 4 is 23.4 Å². The van der Waals surface area contributed by atoms with E-state index in [1.165, 1.54) is 7.11 Å². The Balaban J connectivity index is 2.23. The van der Waals surface area contributed by atoms with Gasteiger partial charge in [0.1, 0.15) is 0 Å². The lowest BCUT2D eigenvalue weighted by atomic mass is 10.0. The van der Waals surface area contributed by atoms with Crippen LogP contribution < -0.4 is 10.6 Å². The first-order valence-corrected chi connectivity index (χ1v) is 7.96. The highest BCUT2D eigenvalue weighted by Crippen LogP contribution is 2.23. The number of hydrogen-bond acceptors (Lipinski definition) is 3. The topological polar surface area (TPSA) is 67.4 Å². The number of nitrogens with one attached hydrogen (secondary N) is 2. The van der Waals surface area contributed by atoms with Gasteiger partial charge in [-0.25, -0.2) is 9.59 Å². The minimum atomic E-state index is -0.492. The van der Waals surface area contributed by atoms with Gasteiger partial charge >= 0.3 is 12.0 Å². The Morgan fingerprint density at radius 2 is 1.54 bits per heavy atom. The number of anilines is 2. The minimum Gasteiger partial charge on any atom is -0.465 e. The summed E-state index contributed by atoms with van der Waals surface area (Å²) in [6.07, 6.45) is 1.64. The van der Waals surface area contributed by atoms with Crippen molar-refractivity contribution in [1.29, 1.82) is 0 Å². The molecule has 0 atom stereocenters. The Bertz CT molecular complexity index is 719. The number of rotatable bonds is 5. The lowest BCUT2D eigenvalue weighted by Crippen LogP contribution is -2.22. The fraction of sp³-hybridized carbons (Fsp3) is 0.263. The molecule has 0 aliphatic heterocycles. The van der Waals surface area contributed by atoms with Gasteiger partial charge in [-0.05, 0) is 36.1 Å². The third-order valence-electron chi connectivity index (χ3n) is 3.82. The summed E-state index contributed by atoms with van der Waals surface area (Å²) in [5.41, 5.74) is 3.70. The molecule has 0 unspecified atom stereocenters. The summed E-state index contributed by atoms with van der Waals surface area (Å²) >= 11 is 0. The number of hydrogen-bond donors (Lipinski definition) is 2. The van der Waals surface area contributed by atoms with E-state index in [-0.39, 0.29) is 6.03 Å². The van der Waals surface area contributed by atoms with Crippen molar-refractivity contribution < 1.29 is 14.3 Å². The number of para-hydroxylation sites is 2. The number of benzene rings is 2. The molecule has 5 nitrogen and oxygen atoms in total. The third kappa shape index (κ3) is 3.93. The van der Waals surface area contributed by atoms with Gasteiger partial charge in [0.15, 0.2) is 0 Å². The van der Waals surface area contributed by atoms with Crippen LogP contribution in [0.4, 0.5) is 16.2 Å². The van der Waals surface area contributed by atoms with Gasteiger partial charge in [0.2, 0.25) is 0 Å². The molecule has 0 bridgehead atoms. The number of esters is 1. The molecule has 0 saturated carbocycles. The average molecular weight is 326 g/mol. The smallest absolute Gasteiger partial charge is 0.339 e. The van der Waals surface area contributed by atoms with Crippen molar-refractivity contribution in [3.05, 3.63) is 59.2 Å². The van der Waals surface area contributed by atoms with Gasteiger partial charge in [-0.1, -0.05) is 44.2 Å². The first-order chi connectivity index (χ1) is 11.6. The molecule has 2 rings (SSSR count). The summed E-state index contributed by atoms with van der Waals surface area (Å²) in [6, 6.07) is 12.3. The fourth-order valence-corrected chi connectivity index (χ4v) is 2.55. The number of aryl methyl sites for hydroxylation is 2. The maximum Gasteiger partial charge on any atom is 0.339 e. The molecule has 0 aliphatic rings. The first-order valence-electron chi connectivity index (χ1n) is 7.96. The highest BCUT2D eigenvalue weighted by atomic mass is 16.5. The van der Waals surface area contributed by atoms with E-state index < -0.39 is 5.97 Å². The monoisotopic (exact) mass is 326 g/mol. The van der Waals surface area contributed by atoms with Gasteiger partial charge in [-0.2, -0.15) is 0 Å². The molecule has 2 aromatic rings. The summed E-state index contributed by atoms with van der Waals surface area (Å²) in [6.45, 7) is 4.09. The van der Waals surface area contributed by atoms with Gasteiger partial charge in [-0.15, -0.1) is 0 Å². The maximum atomic E-state index is 12.4. The van der Waals surface area contributed by atoms with Crippen LogP contribution >= 0.6 is 0 Å².